The van der Waals surface area contributed by atoms with Crippen LogP contribution in [0.5, 0.6) is 0 Å². The molecule has 26 heavy (non-hydrogen) atoms. The lowest BCUT2D eigenvalue weighted by molar-refractivity contribution is 0.863. The van der Waals surface area contributed by atoms with Crippen LogP contribution < -0.4 is 16.2 Å². The van der Waals surface area contributed by atoms with Gasteiger partial charge in [-0.3, -0.25) is 4.79 Å². The Morgan fingerprint density at radius 3 is 2.54 bits per heavy atom. The molecule has 3 rings (SSSR count). The number of aromatic nitrogens is 1. The maximum atomic E-state index is 12.4. The second kappa shape index (κ2) is 7.89. The fourth-order valence-corrected chi connectivity index (χ4v) is 3.17. The average molecular weight is 386 g/mol. The highest BCUT2D eigenvalue weighted by atomic mass is 35.5. The summed E-state index contributed by atoms with van der Waals surface area (Å²) >= 11 is 11.2. The van der Waals surface area contributed by atoms with Crippen LogP contribution in [0.25, 0.3) is 10.9 Å². The van der Waals surface area contributed by atoms with Gasteiger partial charge in [-0.05, 0) is 73.9 Å². The van der Waals surface area contributed by atoms with Crippen LogP contribution in [0.4, 0.5) is 5.69 Å². The maximum Gasteiger partial charge on any atom is 0.251 e. The van der Waals surface area contributed by atoms with E-state index in [2.05, 4.69) is 21.7 Å². The summed E-state index contributed by atoms with van der Waals surface area (Å²) in [5.74, 6) is 0. The van der Waals surface area contributed by atoms with Crippen molar-refractivity contribution in [3.05, 3.63) is 74.5 Å². The number of aromatic amines is 1. The highest BCUT2D eigenvalue weighted by Gasteiger charge is 2.07. The monoisotopic (exact) mass is 385 g/mol. The molecular formula is C20H20ClN3OS. The van der Waals surface area contributed by atoms with Crippen molar-refractivity contribution >= 4 is 45.5 Å². The van der Waals surface area contributed by atoms with Crippen molar-refractivity contribution in [3.8, 4) is 0 Å². The number of thiocarbonyl (C=S) groups is 1. The fourth-order valence-electron chi connectivity index (χ4n) is 2.82. The molecule has 3 aromatic rings. The van der Waals surface area contributed by atoms with E-state index in [1.165, 1.54) is 0 Å². The first-order valence-electron chi connectivity index (χ1n) is 8.36. The van der Waals surface area contributed by atoms with Gasteiger partial charge in [0.15, 0.2) is 5.11 Å². The Morgan fingerprint density at radius 1 is 1.12 bits per heavy atom. The molecule has 0 unspecified atom stereocenters. The molecule has 0 aliphatic carbocycles. The van der Waals surface area contributed by atoms with E-state index in [1.807, 2.05) is 38.1 Å². The first kappa shape index (κ1) is 18.4. The predicted molar refractivity (Wildman–Crippen MR) is 113 cm³/mol. The summed E-state index contributed by atoms with van der Waals surface area (Å²) in [6, 6.07) is 13.4. The van der Waals surface area contributed by atoms with Crippen molar-refractivity contribution in [3.63, 3.8) is 0 Å². The molecule has 6 heteroatoms. The van der Waals surface area contributed by atoms with Gasteiger partial charge >= 0.3 is 0 Å². The molecule has 0 aliphatic rings. The standard InChI is InChI=1S/C20H20ClN3OS/c1-12-3-4-13(2)18-17(12)11-14(19(25)24-18)9-10-22-20(26)23-16-7-5-15(21)6-8-16/h3-8,11H,9-10H2,1-2H3,(H,24,25)(H2,22,23,26). The van der Waals surface area contributed by atoms with Crippen LogP contribution in [-0.4, -0.2) is 16.6 Å². The van der Waals surface area contributed by atoms with Crippen molar-refractivity contribution in [1.82, 2.24) is 10.3 Å². The van der Waals surface area contributed by atoms with Gasteiger partial charge in [0.25, 0.3) is 5.56 Å². The van der Waals surface area contributed by atoms with Gasteiger partial charge in [0.2, 0.25) is 0 Å². The molecule has 4 nitrogen and oxygen atoms in total. The molecular weight excluding hydrogens is 366 g/mol. The zero-order valence-electron chi connectivity index (χ0n) is 14.7. The number of rotatable bonds is 4. The van der Waals surface area contributed by atoms with Gasteiger partial charge in [0.1, 0.15) is 0 Å². The number of pyridine rings is 1. The van der Waals surface area contributed by atoms with E-state index < -0.39 is 0 Å². The lowest BCUT2D eigenvalue weighted by atomic mass is 10.0. The van der Waals surface area contributed by atoms with Gasteiger partial charge in [0, 0.05) is 28.2 Å². The summed E-state index contributed by atoms with van der Waals surface area (Å²) in [6.45, 7) is 4.62. The number of aryl methyl sites for hydroxylation is 2. The van der Waals surface area contributed by atoms with Crippen molar-refractivity contribution < 1.29 is 0 Å². The molecule has 134 valence electrons. The van der Waals surface area contributed by atoms with Crippen molar-refractivity contribution in [2.45, 2.75) is 20.3 Å². The third-order valence-corrected chi connectivity index (χ3v) is 4.80. The van der Waals surface area contributed by atoms with Crippen molar-refractivity contribution in [1.29, 1.82) is 0 Å². The Balaban J connectivity index is 1.65. The normalized spacial score (nSPS) is 10.7. The summed E-state index contributed by atoms with van der Waals surface area (Å²) in [4.78, 5) is 15.4. The van der Waals surface area contributed by atoms with Crippen molar-refractivity contribution in [2.24, 2.45) is 0 Å². The summed E-state index contributed by atoms with van der Waals surface area (Å²) < 4.78 is 0. The van der Waals surface area contributed by atoms with E-state index in [1.54, 1.807) is 12.1 Å². The van der Waals surface area contributed by atoms with Crippen LogP contribution in [0, 0.1) is 13.8 Å². The van der Waals surface area contributed by atoms with E-state index in [0.717, 1.165) is 33.3 Å². The molecule has 0 spiro atoms. The molecule has 3 N–H and O–H groups in total. The molecule has 1 heterocycles. The van der Waals surface area contributed by atoms with E-state index in [9.17, 15) is 4.79 Å². The smallest absolute Gasteiger partial charge is 0.251 e. The van der Waals surface area contributed by atoms with Gasteiger partial charge in [-0.1, -0.05) is 23.7 Å². The summed E-state index contributed by atoms with van der Waals surface area (Å²) in [7, 11) is 0. The molecule has 0 saturated carbocycles. The van der Waals surface area contributed by atoms with E-state index in [0.29, 0.717) is 23.1 Å². The van der Waals surface area contributed by atoms with Crippen LogP contribution >= 0.6 is 23.8 Å². The van der Waals surface area contributed by atoms with Crippen LogP contribution in [0.3, 0.4) is 0 Å². The quantitative estimate of drug-likeness (QED) is 0.585. The van der Waals surface area contributed by atoms with Crippen LogP contribution in [0.15, 0.2) is 47.3 Å². The SMILES string of the molecule is Cc1ccc(C)c2[nH]c(=O)c(CCNC(=S)Nc3ccc(Cl)cc3)cc12. The first-order chi connectivity index (χ1) is 12.4. The molecule has 1 aromatic heterocycles. The molecule has 0 atom stereocenters. The first-order valence-corrected chi connectivity index (χ1v) is 9.15. The predicted octanol–water partition coefficient (Wildman–Crippen LogP) is 4.33. The Labute approximate surface area is 162 Å². The summed E-state index contributed by atoms with van der Waals surface area (Å²) in [5, 5.41) is 8.49. The number of halogens is 1. The van der Waals surface area contributed by atoms with E-state index in [-0.39, 0.29) is 5.56 Å². The molecule has 0 radical (unpaired) electrons. The summed E-state index contributed by atoms with van der Waals surface area (Å²) in [6.07, 6.45) is 0.584. The number of fused-ring (bicyclic) bond motifs is 1. The van der Waals surface area contributed by atoms with Crippen LogP contribution in [0.1, 0.15) is 16.7 Å². The third kappa shape index (κ3) is 4.23. The number of H-pyrrole nitrogens is 1. The molecule has 0 saturated heterocycles. The minimum absolute atomic E-state index is 0.0513. The number of hydrogen-bond acceptors (Lipinski definition) is 2. The highest BCUT2D eigenvalue weighted by molar-refractivity contribution is 7.80. The minimum Gasteiger partial charge on any atom is -0.362 e. The van der Waals surface area contributed by atoms with Gasteiger partial charge in [-0.2, -0.15) is 0 Å². The van der Waals surface area contributed by atoms with Crippen LogP contribution in [0.2, 0.25) is 5.02 Å². The number of hydrogen-bond donors (Lipinski definition) is 3. The number of anilines is 1. The molecule has 0 bridgehead atoms. The topological polar surface area (TPSA) is 56.9 Å². The second-order valence-electron chi connectivity index (χ2n) is 6.25. The Kier molecular flexibility index (Phi) is 5.59. The number of nitrogens with one attached hydrogen (secondary N) is 3. The highest BCUT2D eigenvalue weighted by Crippen LogP contribution is 2.19. The van der Waals surface area contributed by atoms with E-state index >= 15 is 0 Å². The van der Waals surface area contributed by atoms with Gasteiger partial charge < -0.3 is 15.6 Å². The van der Waals surface area contributed by atoms with Crippen LogP contribution in [-0.2, 0) is 6.42 Å². The Bertz CT molecular complexity index is 1010. The second-order valence-corrected chi connectivity index (χ2v) is 7.09. The fraction of sp³-hybridized carbons (Fsp3) is 0.200. The Morgan fingerprint density at radius 2 is 1.81 bits per heavy atom. The van der Waals surface area contributed by atoms with E-state index in [4.69, 9.17) is 23.8 Å². The lowest BCUT2D eigenvalue weighted by Crippen LogP contribution is -2.31. The molecule has 0 fully saturated rings. The molecule has 0 aliphatic heterocycles. The van der Waals surface area contributed by atoms with Gasteiger partial charge in [-0.15, -0.1) is 0 Å². The average Bonchev–Trinajstić information content (AvgIpc) is 2.61. The zero-order chi connectivity index (χ0) is 18.7. The summed E-state index contributed by atoms with van der Waals surface area (Å²) in [5.41, 5.74) is 4.68. The maximum absolute atomic E-state index is 12.4. The van der Waals surface area contributed by atoms with Crippen molar-refractivity contribution in [2.75, 3.05) is 11.9 Å². The van der Waals surface area contributed by atoms with Gasteiger partial charge in [-0.25, -0.2) is 0 Å². The third-order valence-electron chi connectivity index (χ3n) is 4.30. The molecule has 2 aromatic carbocycles. The van der Waals surface area contributed by atoms with Gasteiger partial charge in [0.05, 0.1) is 5.52 Å². The number of benzene rings is 2. The minimum atomic E-state index is -0.0513. The zero-order valence-corrected chi connectivity index (χ0v) is 16.2. The molecule has 0 amide bonds. The Hall–Kier alpha value is -2.37. The largest absolute Gasteiger partial charge is 0.362 e. The lowest BCUT2D eigenvalue weighted by Gasteiger charge is -2.11.